The van der Waals surface area contributed by atoms with E-state index in [0.717, 1.165) is 0 Å². The number of nitrogens with one attached hydrogen (secondary N) is 1. The molecular weight excluding hydrogens is 300 g/mol. The molecule has 5 heteroatoms. The van der Waals surface area contributed by atoms with Crippen molar-refractivity contribution in [2.75, 3.05) is 5.32 Å². The van der Waals surface area contributed by atoms with E-state index in [-0.39, 0.29) is 5.91 Å². The molecule has 0 radical (unpaired) electrons. The number of fused-ring (bicyclic) bond motifs is 1. The van der Waals surface area contributed by atoms with Crippen molar-refractivity contribution in [2.45, 2.75) is 0 Å². The highest BCUT2D eigenvalue weighted by atomic mass is 35.5. The van der Waals surface area contributed by atoms with Crippen molar-refractivity contribution in [3.63, 3.8) is 0 Å². The molecule has 2 aromatic carbocycles. The maximum absolute atomic E-state index is 13.3. The van der Waals surface area contributed by atoms with Gasteiger partial charge in [0.1, 0.15) is 5.82 Å². The molecule has 100 valence electrons. The number of carbonyl (C=O) groups is 1. The van der Waals surface area contributed by atoms with Gasteiger partial charge in [-0.25, -0.2) is 4.39 Å². The van der Waals surface area contributed by atoms with Crippen molar-refractivity contribution in [1.82, 2.24) is 0 Å². The van der Waals surface area contributed by atoms with Gasteiger partial charge in [-0.15, -0.1) is 0 Å². The van der Waals surface area contributed by atoms with E-state index in [1.807, 2.05) is 0 Å². The zero-order valence-electron chi connectivity index (χ0n) is 10.1. The summed E-state index contributed by atoms with van der Waals surface area (Å²) in [7, 11) is 0. The number of halogens is 3. The fourth-order valence-corrected chi connectivity index (χ4v) is 2.60. The SMILES string of the molecule is O=C1Nc2ccc(F)cc2/C1=C\c1c(Cl)cccc1Cl. The second-order valence-electron chi connectivity index (χ2n) is 4.34. The third-order valence-electron chi connectivity index (χ3n) is 3.05. The predicted octanol–water partition coefficient (Wildman–Crippen LogP) is 4.63. The summed E-state index contributed by atoms with van der Waals surface area (Å²) in [6.07, 6.45) is 1.57. The Balaban J connectivity index is 2.18. The summed E-state index contributed by atoms with van der Waals surface area (Å²) in [5.41, 5.74) is 1.96. The molecule has 0 aliphatic carbocycles. The number of rotatable bonds is 1. The van der Waals surface area contributed by atoms with Crippen LogP contribution in [-0.2, 0) is 4.79 Å². The first-order valence-corrected chi connectivity index (χ1v) is 6.59. The van der Waals surface area contributed by atoms with Gasteiger partial charge in [0.2, 0.25) is 0 Å². The average Bonchev–Trinajstić information content (AvgIpc) is 2.70. The third kappa shape index (κ3) is 2.19. The second kappa shape index (κ2) is 4.93. The third-order valence-corrected chi connectivity index (χ3v) is 3.71. The molecule has 20 heavy (non-hydrogen) atoms. The molecule has 0 atom stereocenters. The van der Waals surface area contributed by atoms with Gasteiger partial charge in [0, 0.05) is 32.4 Å². The van der Waals surface area contributed by atoms with Gasteiger partial charge >= 0.3 is 0 Å². The molecule has 2 aromatic rings. The first-order valence-electron chi connectivity index (χ1n) is 5.83. The van der Waals surface area contributed by atoms with Gasteiger partial charge in [-0.05, 0) is 36.4 Å². The molecule has 1 amide bonds. The van der Waals surface area contributed by atoms with Gasteiger partial charge < -0.3 is 5.32 Å². The van der Waals surface area contributed by atoms with Gasteiger partial charge in [-0.3, -0.25) is 4.79 Å². The van der Waals surface area contributed by atoms with Gasteiger partial charge in [-0.2, -0.15) is 0 Å². The molecule has 0 unspecified atom stereocenters. The van der Waals surface area contributed by atoms with Gasteiger partial charge in [0.25, 0.3) is 5.91 Å². The van der Waals surface area contributed by atoms with Crippen LogP contribution in [0.3, 0.4) is 0 Å². The van der Waals surface area contributed by atoms with Gasteiger partial charge in [0.05, 0.1) is 0 Å². The maximum Gasteiger partial charge on any atom is 0.256 e. The molecule has 0 aromatic heterocycles. The van der Waals surface area contributed by atoms with E-state index < -0.39 is 5.82 Å². The standard InChI is InChI=1S/C15H8Cl2FNO/c16-12-2-1-3-13(17)11(12)7-10-9-6-8(18)4-5-14(9)19-15(10)20/h1-7H,(H,19,20)/b10-7+. The van der Waals surface area contributed by atoms with Crippen molar-refractivity contribution in [1.29, 1.82) is 0 Å². The fraction of sp³-hybridized carbons (Fsp3) is 0. The van der Waals surface area contributed by atoms with Crippen LogP contribution in [0.25, 0.3) is 11.6 Å². The molecule has 0 saturated heterocycles. The Bertz CT molecular complexity index is 735. The van der Waals surface area contributed by atoms with E-state index in [0.29, 0.717) is 32.4 Å². The van der Waals surface area contributed by atoms with Crippen LogP contribution in [0.1, 0.15) is 11.1 Å². The van der Waals surface area contributed by atoms with Crippen LogP contribution in [-0.4, -0.2) is 5.91 Å². The van der Waals surface area contributed by atoms with E-state index >= 15 is 0 Å². The van der Waals surface area contributed by atoms with E-state index in [1.54, 1.807) is 24.3 Å². The highest BCUT2D eigenvalue weighted by Crippen LogP contribution is 2.36. The molecule has 3 rings (SSSR count). The summed E-state index contributed by atoms with van der Waals surface area (Å²) in [4.78, 5) is 12.0. The minimum atomic E-state index is -0.406. The van der Waals surface area contributed by atoms with Crippen LogP contribution in [0.2, 0.25) is 10.0 Å². The summed E-state index contributed by atoms with van der Waals surface area (Å²) in [6, 6.07) is 9.21. The van der Waals surface area contributed by atoms with Crippen LogP contribution < -0.4 is 5.32 Å². The number of benzene rings is 2. The largest absolute Gasteiger partial charge is 0.321 e. The summed E-state index contributed by atoms with van der Waals surface area (Å²) in [5.74, 6) is -0.710. The van der Waals surface area contributed by atoms with Crippen LogP contribution >= 0.6 is 23.2 Å². The highest BCUT2D eigenvalue weighted by Gasteiger charge is 2.25. The van der Waals surface area contributed by atoms with E-state index in [2.05, 4.69) is 5.32 Å². The first kappa shape index (κ1) is 13.2. The lowest BCUT2D eigenvalue weighted by Crippen LogP contribution is -2.03. The molecule has 1 heterocycles. The van der Waals surface area contributed by atoms with Crippen LogP contribution in [0.5, 0.6) is 0 Å². The number of hydrogen-bond donors (Lipinski definition) is 1. The zero-order chi connectivity index (χ0) is 14.3. The number of amides is 1. The van der Waals surface area contributed by atoms with Crippen LogP contribution in [0.15, 0.2) is 36.4 Å². The lowest BCUT2D eigenvalue weighted by atomic mass is 10.0. The van der Waals surface area contributed by atoms with E-state index in [1.165, 1.54) is 18.2 Å². The second-order valence-corrected chi connectivity index (χ2v) is 5.15. The molecule has 1 aliphatic heterocycles. The van der Waals surface area contributed by atoms with Crippen LogP contribution in [0.4, 0.5) is 10.1 Å². The topological polar surface area (TPSA) is 29.1 Å². The fourth-order valence-electron chi connectivity index (χ4n) is 2.10. The predicted molar refractivity (Wildman–Crippen MR) is 79.4 cm³/mol. The van der Waals surface area contributed by atoms with E-state index in [4.69, 9.17) is 23.2 Å². The molecule has 1 N–H and O–H groups in total. The monoisotopic (exact) mass is 307 g/mol. The maximum atomic E-state index is 13.3. The summed E-state index contributed by atoms with van der Waals surface area (Å²) in [5, 5.41) is 3.54. The molecule has 0 saturated carbocycles. The number of carbonyl (C=O) groups excluding carboxylic acids is 1. The van der Waals surface area contributed by atoms with Crippen molar-refractivity contribution in [3.8, 4) is 0 Å². The Morgan fingerprint density at radius 3 is 2.50 bits per heavy atom. The minimum absolute atomic E-state index is 0.304. The number of hydrogen-bond acceptors (Lipinski definition) is 1. The molecule has 0 spiro atoms. The summed E-state index contributed by atoms with van der Waals surface area (Å²) in [6.45, 7) is 0. The first-order chi connectivity index (χ1) is 9.56. The summed E-state index contributed by atoms with van der Waals surface area (Å²) < 4.78 is 13.3. The van der Waals surface area contributed by atoms with Crippen molar-refractivity contribution < 1.29 is 9.18 Å². The van der Waals surface area contributed by atoms with Gasteiger partial charge in [0.15, 0.2) is 0 Å². The Morgan fingerprint density at radius 2 is 1.80 bits per heavy atom. The van der Waals surface area contributed by atoms with Crippen molar-refractivity contribution in [3.05, 3.63) is 63.4 Å². The average molecular weight is 308 g/mol. The summed E-state index contributed by atoms with van der Waals surface area (Å²) >= 11 is 12.2. The molecule has 1 aliphatic rings. The normalized spacial score (nSPS) is 15.3. The number of anilines is 1. The molecule has 0 bridgehead atoms. The van der Waals surface area contributed by atoms with Crippen LogP contribution in [0, 0.1) is 5.82 Å². The Morgan fingerprint density at radius 1 is 1.10 bits per heavy atom. The smallest absolute Gasteiger partial charge is 0.256 e. The minimum Gasteiger partial charge on any atom is -0.321 e. The Labute approximate surface area is 124 Å². The molecule has 0 fully saturated rings. The molecule has 2 nitrogen and oxygen atoms in total. The zero-order valence-corrected chi connectivity index (χ0v) is 11.6. The Hall–Kier alpha value is -1.84. The van der Waals surface area contributed by atoms with Crippen molar-refractivity contribution >= 4 is 46.4 Å². The molecular formula is C15H8Cl2FNO. The Kier molecular flexibility index (Phi) is 3.24. The van der Waals surface area contributed by atoms with E-state index in [9.17, 15) is 9.18 Å². The van der Waals surface area contributed by atoms with Crippen molar-refractivity contribution in [2.24, 2.45) is 0 Å². The highest BCUT2D eigenvalue weighted by molar-refractivity contribution is 6.40. The quantitative estimate of drug-likeness (QED) is 0.765. The lowest BCUT2D eigenvalue weighted by Gasteiger charge is -2.03. The van der Waals surface area contributed by atoms with Gasteiger partial charge in [-0.1, -0.05) is 29.3 Å². The lowest BCUT2D eigenvalue weighted by molar-refractivity contribution is -0.110.